The highest BCUT2D eigenvalue weighted by Gasteiger charge is 2.13. The molecule has 1 aromatic carbocycles. The lowest BCUT2D eigenvalue weighted by molar-refractivity contribution is 0.403. The lowest BCUT2D eigenvalue weighted by atomic mass is 10.0. The van der Waals surface area contributed by atoms with E-state index in [1.165, 1.54) is 0 Å². The van der Waals surface area contributed by atoms with Crippen molar-refractivity contribution in [3.05, 3.63) is 27.7 Å². The first-order valence-corrected chi connectivity index (χ1v) is 4.95. The Labute approximate surface area is 87.2 Å². The Morgan fingerprint density at radius 3 is 2.46 bits per heavy atom. The van der Waals surface area contributed by atoms with Gasteiger partial charge in [0, 0.05) is 16.1 Å². The van der Waals surface area contributed by atoms with E-state index in [-0.39, 0.29) is 6.04 Å². The number of hydrogen-bond donors (Lipinski definition) is 1. The summed E-state index contributed by atoms with van der Waals surface area (Å²) in [6.45, 7) is 3.96. The highest BCUT2D eigenvalue weighted by molar-refractivity contribution is 9.10. The summed E-state index contributed by atoms with van der Waals surface area (Å²) in [4.78, 5) is 0. The fourth-order valence-corrected chi connectivity index (χ4v) is 2.05. The third kappa shape index (κ3) is 2.03. The summed E-state index contributed by atoms with van der Waals surface area (Å²) in [5.74, 6) is 0.879. The highest BCUT2D eigenvalue weighted by Crippen LogP contribution is 2.33. The molecule has 1 rings (SSSR count). The quantitative estimate of drug-likeness (QED) is 0.868. The molecule has 0 heterocycles. The lowest BCUT2D eigenvalue weighted by Crippen LogP contribution is -2.08. The number of nitrogens with two attached hydrogens (primary N) is 1. The molecule has 13 heavy (non-hydrogen) atoms. The summed E-state index contributed by atoms with van der Waals surface area (Å²) < 4.78 is 6.31. The number of ether oxygens (including phenoxy) is 1. The summed E-state index contributed by atoms with van der Waals surface area (Å²) in [6, 6.07) is 3.98. The van der Waals surface area contributed by atoms with Crippen molar-refractivity contribution >= 4 is 15.9 Å². The van der Waals surface area contributed by atoms with Crippen LogP contribution in [0.1, 0.15) is 24.1 Å². The fourth-order valence-electron chi connectivity index (χ4n) is 1.38. The number of aryl methyl sites for hydroxylation is 1. The predicted molar refractivity (Wildman–Crippen MR) is 58.0 cm³/mol. The van der Waals surface area contributed by atoms with E-state index in [1.54, 1.807) is 7.11 Å². The van der Waals surface area contributed by atoms with E-state index in [0.717, 1.165) is 21.3 Å². The SMILES string of the molecule is COc1c(C)ccc(Br)c1C(C)N. The van der Waals surface area contributed by atoms with Gasteiger partial charge in [0.15, 0.2) is 0 Å². The van der Waals surface area contributed by atoms with Crippen molar-refractivity contribution in [1.29, 1.82) is 0 Å². The number of halogens is 1. The van der Waals surface area contributed by atoms with Gasteiger partial charge in [-0.3, -0.25) is 0 Å². The monoisotopic (exact) mass is 243 g/mol. The van der Waals surface area contributed by atoms with Gasteiger partial charge in [-0.2, -0.15) is 0 Å². The van der Waals surface area contributed by atoms with Crippen molar-refractivity contribution in [3.8, 4) is 5.75 Å². The van der Waals surface area contributed by atoms with Gasteiger partial charge < -0.3 is 10.5 Å². The molecule has 0 aromatic heterocycles. The average Bonchev–Trinajstić information content (AvgIpc) is 2.07. The van der Waals surface area contributed by atoms with Gasteiger partial charge in [-0.1, -0.05) is 22.0 Å². The Kier molecular flexibility index (Phi) is 3.33. The second-order valence-electron chi connectivity index (χ2n) is 3.10. The maximum absolute atomic E-state index is 5.85. The van der Waals surface area contributed by atoms with Crippen LogP contribution in [0, 0.1) is 6.92 Å². The van der Waals surface area contributed by atoms with Crippen molar-refractivity contribution in [2.45, 2.75) is 19.9 Å². The molecule has 0 saturated carbocycles. The minimum Gasteiger partial charge on any atom is -0.496 e. The van der Waals surface area contributed by atoms with E-state index < -0.39 is 0 Å². The molecule has 2 N–H and O–H groups in total. The molecule has 0 saturated heterocycles. The molecule has 0 aliphatic heterocycles. The maximum atomic E-state index is 5.85. The van der Waals surface area contributed by atoms with Gasteiger partial charge in [0.05, 0.1) is 7.11 Å². The third-order valence-corrected chi connectivity index (χ3v) is 2.69. The molecule has 3 heteroatoms. The van der Waals surface area contributed by atoms with Crippen LogP contribution in [0.5, 0.6) is 5.75 Å². The number of methoxy groups -OCH3 is 1. The Bertz CT molecular complexity index is 310. The first kappa shape index (κ1) is 10.5. The zero-order chi connectivity index (χ0) is 10.0. The molecule has 0 radical (unpaired) electrons. The van der Waals surface area contributed by atoms with E-state index in [0.29, 0.717) is 0 Å². The van der Waals surface area contributed by atoms with Gasteiger partial charge in [0.2, 0.25) is 0 Å². The molecule has 0 fully saturated rings. The summed E-state index contributed by atoms with van der Waals surface area (Å²) in [7, 11) is 1.67. The molecule has 0 spiro atoms. The van der Waals surface area contributed by atoms with Crippen LogP contribution in [0.3, 0.4) is 0 Å². The van der Waals surface area contributed by atoms with Crippen LogP contribution in [0.15, 0.2) is 16.6 Å². The number of benzene rings is 1. The number of rotatable bonds is 2. The minimum absolute atomic E-state index is 0.0239. The first-order chi connectivity index (χ1) is 6.07. The van der Waals surface area contributed by atoms with Crippen LogP contribution in [0.25, 0.3) is 0 Å². The normalized spacial score (nSPS) is 12.7. The topological polar surface area (TPSA) is 35.2 Å². The fraction of sp³-hybridized carbons (Fsp3) is 0.400. The summed E-state index contributed by atoms with van der Waals surface area (Å²) >= 11 is 3.46. The molecule has 1 unspecified atom stereocenters. The van der Waals surface area contributed by atoms with Crippen molar-refractivity contribution in [2.75, 3.05) is 7.11 Å². The summed E-state index contributed by atoms with van der Waals surface area (Å²) in [5.41, 5.74) is 7.99. The van der Waals surface area contributed by atoms with E-state index >= 15 is 0 Å². The summed E-state index contributed by atoms with van der Waals surface area (Å²) in [6.07, 6.45) is 0. The van der Waals surface area contributed by atoms with Crippen LogP contribution in [-0.2, 0) is 0 Å². The Morgan fingerprint density at radius 2 is 2.08 bits per heavy atom. The molecular weight excluding hydrogens is 230 g/mol. The van der Waals surface area contributed by atoms with Crippen molar-refractivity contribution in [2.24, 2.45) is 5.73 Å². The van der Waals surface area contributed by atoms with Gasteiger partial charge in [0.1, 0.15) is 5.75 Å². The third-order valence-electron chi connectivity index (χ3n) is 2.00. The Hall–Kier alpha value is -0.540. The van der Waals surface area contributed by atoms with E-state index in [4.69, 9.17) is 10.5 Å². The Balaban J connectivity index is 3.35. The average molecular weight is 244 g/mol. The molecule has 1 atom stereocenters. The van der Waals surface area contributed by atoms with Gasteiger partial charge in [0.25, 0.3) is 0 Å². The van der Waals surface area contributed by atoms with Gasteiger partial charge in [-0.25, -0.2) is 0 Å². The van der Waals surface area contributed by atoms with Crippen LogP contribution in [0.4, 0.5) is 0 Å². The Morgan fingerprint density at radius 1 is 1.46 bits per heavy atom. The second-order valence-corrected chi connectivity index (χ2v) is 3.95. The molecule has 0 aliphatic carbocycles. The van der Waals surface area contributed by atoms with E-state index in [9.17, 15) is 0 Å². The van der Waals surface area contributed by atoms with Crippen LogP contribution < -0.4 is 10.5 Å². The zero-order valence-corrected chi connectivity index (χ0v) is 9.68. The van der Waals surface area contributed by atoms with E-state index in [1.807, 2.05) is 26.0 Å². The smallest absolute Gasteiger partial charge is 0.127 e. The molecule has 0 bridgehead atoms. The summed E-state index contributed by atoms with van der Waals surface area (Å²) in [5, 5.41) is 0. The molecule has 0 amide bonds. The highest BCUT2D eigenvalue weighted by atomic mass is 79.9. The lowest BCUT2D eigenvalue weighted by Gasteiger charge is -2.15. The molecular formula is C10H14BrNO. The first-order valence-electron chi connectivity index (χ1n) is 4.16. The second kappa shape index (κ2) is 4.11. The molecule has 2 nitrogen and oxygen atoms in total. The van der Waals surface area contributed by atoms with Gasteiger partial charge in [-0.05, 0) is 25.5 Å². The van der Waals surface area contributed by atoms with Crippen LogP contribution in [-0.4, -0.2) is 7.11 Å². The van der Waals surface area contributed by atoms with Crippen molar-refractivity contribution in [1.82, 2.24) is 0 Å². The van der Waals surface area contributed by atoms with Crippen molar-refractivity contribution in [3.63, 3.8) is 0 Å². The van der Waals surface area contributed by atoms with Gasteiger partial charge in [-0.15, -0.1) is 0 Å². The largest absolute Gasteiger partial charge is 0.496 e. The van der Waals surface area contributed by atoms with Crippen LogP contribution >= 0.6 is 15.9 Å². The van der Waals surface area contributed by atoms with Crippen molar-refractivity contribution < 1.29 is 4.74 Å². The predicted octanol–water partition coefficient (Wildman–Crippen LogP) is 2.79. The van der Waals surface area contributed by atoms with E-state index in [2.05, 4.69) is 15.9 Å². The zero-order valence-electron chi connectivity index (χ0n) is 8.10. The molecule has 72 valence electrons. The standard InChI is InChI=1S/C10H14BrNO/c1-6-4-5-8(11)9(7(2)12)10(6)13-3/h4-5,7H,12H2,1-3H3. The van der Waals surface area contributed by atoms with Crippen LogP contribution in [0.2, 0.25) is 0 Å². The minimum atomic E-state index is -0.0239. The van der Waals surface area contributed by atoms with Gasteiger partial charge >= 0.3 is 0 Å². The molecule has 0 aliphatic rings. The molecule has 1 aromatic rings. The number of hydrogen-bond acceptors (Lipinski definition) is 2. The maximum Gasteiger partial charge on any atom is 0.127 e.